The Bertz CT molecular complexity index is 1020. The fourth-order valence-corrected chi connectivity index (χ4v) is 3.40. The maximum Gasteiger partial charge on any atom is 0.307 e. The second-order valence-corrected chi connectivity index (χ2v) is 6.92. The summed E-state index contributed by atoms with van der Waals surface area (Å²) in [7, 11) is 1.48. The van der Waals surface area contributed by atoms with Crippen LogP contribution in [-0.2, 0) is 13.0 Å². The first-order chi connectivity index (χ1) is 13.0. The zero-order chi connectivity index (χ0) is 19.4. The van der Waals surface area contributed by atoms with Gasteiger partial charge in [0.05, 0.1) is 17.6 Å². The number of ether oxygens (including phenoxy) is 1. The molecule has 3 rings (SSSR count). The number of benzene rings is 2. The number of carbonyl (C=O) groups is 1. The highest BCUT2D eigenvalue weighted by molar-refractivity contribution is 7.09. The lowest BCUT2D eigenvalue weighted by molar-refractivity contribution is 0.0947. The molecule has 1 heterocycles. The van der Waals surface area contributed by atoms with E-state index in [1.165, 1.54) is 7.11 Å². The van der Waals surface area contributed by atoms with Gasteiger partial charge < -0.3 is 20.3 Å². The number of rotatable bonds is 6. The minimum atomic E-state index is -0.333. The van der Waals surface area contributed by atoms with E-state index in [-0.39, 0.29) is 29.0 Å². The Hall–Kier alpha value is -3.26. The zero-order valence-corrected chi connectivity index (χ0v) is 15.3. The first kappa shape index (κ1) is 18.5. The standard InChI is InChI=1S/C19H18N2O5S/c1-26-15-6-5-11(9-16-18(24)21-19(25)27-16)8-14(15)17(23)20-10-12-3-2-4-13(22)7-12/h2-8,22,24H,9-10H2,1H3,(H,20,23)(H,21,25). The smallest absolute Gasteiger partial charge is 0.307 e. The van der Waals surface area contributed by atoms with Gasteiger partial charge in [-0.1, -0.05) is 29.5 Å². The van der Waals surface area contributed by atoms with Crippen molar-refractivity contribution < 1.29 is 19.7 Å². The van der Waals surface area contributed by atoms with Crippen LogP contribution in [0.15, 0.2) is 47.3 Å². The van der Waals surface area contributed by atoms with Crippen molar-refractivity contribution in [3.8, 4) is 17.4 Å². The molecule has 0 spiro atoms. The van der Waals surface area contributed by atoms with E-state index in [4.69, 9.17) is 4.74 Å². The Morgan fingerprint density at radius 2 is 2.00 bits per heavy atom. The van der Waals surface area contributed by atoms with Crippen molar-refractivity contribution in [2.24, 2.45) is 0 Å². The quantitative estimate of drug-likeness (QED) is 0.520. The van der Waals surface area contributed by atoms with Crippen molar-refractivity contribution >= 4 is 17.2 Å². The third-order valence-corrected chi connectivity index (χ3v) is 4.81. The normalized spacial score (nSPS) is 10.6. The number of methoxy groups -OCH3 is 1. The highest BCUT2D eigenvalue weighted by Crippen LogP contribution is 2.25. The van der Waals surface area contributed by atoms with Crippen LogP contribution < -0.4 is 14.9 Å². The maximum atomic E-state index is 12.6. The monoisotopic (exact) mass is 386 g/mol. The third kappa shape index (κ3) is 4.48. The van der Waals surface area contributed by atoms with E-state index in [9.17, 15) is 19.8 Å². The average molecular weight is 386 g/mol. The predicted octanol–water partition coefficient (Wildman–Crippen LogP) is 2.38. The number of phenols is 1. The molecule has 2 aromatic carbocycles. The number of carbonyl (C=O) groups excluding carboxylic acids is 1. The molecule has 4 N–H and O–H groups in total. The molecule has 0 aliphatic carbocycles. The average Bonchev–Trinajstić information content (AvgIpc) is 2.96. The summed E-state index contributed by atoms with van der Waals surface area (Å²) in [5.74, 6) is 0.0597. The molecule has 7 nitrogen and oxygen atoms in total. The molecular weight excluding hydrogens is 368 g/mol. The SMILES string of the molecule is COc1ccc(Cc2sc(=O)[nH]c2O)cc1C(=O)NCc1cccc(O)c1. The molecule has 27 heavy (non-hydrogen) atoms. The van der Waals surface area contributed by atoms with Crippen LogP contribution in [0.4, 0.5) is 0 Å². The van der Waals surface area contributed by atoms with Crippen LogP contribution in [0.2, 0.25) is 0 Å². The minimum absolute atomic E-state index is 0.131. The summed E-state index contributed by atoms with van der Waals surface area (Å²) in [6.45, 7) is 0.251. The third-order valence-electron chi connectivity index (χ3n) is 3.94. The molecule has 3 aromatic rings. The van der Waals surface area contributed by atoms with Gasteiger partial charge in [0.1, 0.15) is 11.5 Å². The molecule has 140 valence electrons. The highest BCUT2D eigenvalue weighted by atomic mass is 32.1. The van der Waals surface area contributed by atoms with E-state index in [2.05, 4.69) is 10.3 Å². The van der Waals surface area contributed by atoms with E-state index in [1.807, 2.05) is 0 Å². The van der Waals surface area contributed by atoms with Crippen molar-refractivity contribution in [2.75, 3.05) is 7.11 Å². The van der Waals surface area contributed by atoms with Gasteiger partial charge in [-0.3, -0.25) is 14.6 Å². The van der Waals surface area contributed by atoms with E-state index >= 15 is 0 Å². The van der Waals surface area contributed by atoms with Gasteiger partial charge in [0.2, 0.25) is 5.88 Å². The number of phenolic OH excluding ortho intramolecular Hbond substituents is 1. The first-order valence-corrected chi connectivity index (χ1v) is 8.92. The van der Waals surface area contributed by atoms with Crippen molar-refractivity contribution in [1.29, 1.82) is 0 Å². The zero-order valence-electron chi connectivity index (χ0n) is 14.5. The molecule has 0 aliphatic rings. The topological polar surface area (TPSA) is 112 Å². The Morgan fingerprint density at radius 3 is 2.67 bits per heavy atom. The Morgan fingerprint density at radius 1 is 1.19 bits per heavy atom. The number of amides is 1. The molecule has 8 heteroatoms. The van der Waals surface area contributed by atoms with Crippen molar-refractivity contribution in [3.63, 3.8) is 0 Å². The second kappa shape index (κ2) is 7.96. The Labute approximate surface area is 158 Å². The van der Waals surface area contributed by atoms with Crippen LogP contribution in [0.5, 0.6) is 17.4 Å². The predicted molar refractivity (Wildman–Crippen MR) is 102 cm³/mol. The Kier molecular flexibility index (Phi) is 5.46. The van der Waals surface area contributed by atoms with Crippen LogP contribution in [0.1, 0.15) is 26.4 Å². The van der Waals surface area contributed by atoms with Gasteiger partial charge in [-0.25, -0.2) is 0 Å². The number of hydrogen-bond acceptors (Lipinski definition) is 6. The first-order valence-electron chi connectivity index (χ1n) is 8.10. The summed E-state index contributed by atoms with van der Waals surface area (Å²) in [6, 6.07) is 11.7. The number of aromatic nitrogens is 1. The van der Waals surface area contributed by atoms with Crippen LogP contribution in [0.25, 0.3) is 0 Å². The van der Waals surface area contributed by atoms with Gasteiger partial charge >= 0.3 is 4.87 Å². The van der Waals surface area contributed by atoms with Crippen LogP contribution >= 0.6 is 11.3 Å². The fraction of sp³-hybridized carbons (Fsp3) is 0.158. The molecule has 0 aliphatic heterocycles. The van der Waals surface area contributed by atoms with Gasteiger partial charge in [-0.15, -0.1) is 0 Å². The molecule has 0 saturated heterocycles. The lowest BCUT2D eigenvalue weighted by atomic mass is 10.1. The number of nitrogens with one attached hydrogen (secondary N) is 2. The summed E-state index contributed by atoms with van der Waals surface area (Å²) < 4.78 is 5.27. The summed E-state index contributed by atoms with van der Waals surface area (Å²) >= 11 is 0.926. The maximum absolute atomic E-state index is 12.6. The number of thiazole rings is 1. The molecule has 0 saturated carbocycles. The molecule has 1 amide bonds. The van der Waals surface area contributed by atoms with Gasteiger partial charge in [0, 0.05) is 13.0 Å². The van der Waals surface area contributed by atoms with Gasteiger partial charge in [-0.05, 0) is 35.4 Å². The van der Waals surface area contributed by atoms with Crippen LogP contribution in [0.3, 0.4) is 0 Å². The van der Waals surface area contributed by atoms with Crippen LogP contribution in [-0.4, -0.2) is 28.2 Å². The second-order valence-electron chi connectivity index (χ2n) is 5.85. The van der Waals surface area contributed by atoms with E-state index in [0.29, 0.717) is 22.6 Å². The van der Waals surface area contributed by atoms with Crippen LogP contribution in [0, 0.1) is 0 Å². The summed E-state index contributed by atoms with van der Waals surface area (Å²) in [5, 5.41) is 22.0. The molecule has 0 unspecified atom stereocenters. The fourth-order valence-electron chi connectivity index (χ4n) is 2.64. The number of aromatic amines is 1. The molecule has 0 fully saturated rings. The van der Waals surface area contributed by atoms with E-state index in [0.717, 1.165) is 22.5 Å². The van der Waals surface area contributed by atoms with Gasteiger partial charge in [0.25, 0.3) is 5.91 Å². The van der Waals surface area contributed by atoms with E-state index < -0.39 is 0 Å². The number of H-pyrrole nitrogens is 1. The lowest BCUT2D eigenvalue weighted by Crippen LogP contribution is -2.23. The van der Waals surface area contributed by atoms with E-state index in [1.54, 1.807) is 42.5 Å². The largest absolute Gasteiger partial charge is 0.508 e. The minimum Gasteiger partial charge on any atom is -0.508 e. The summed E-state index contributed by atoms with van der Waals surface area (Å²) in [4.78, 5) is 26.4. The van der Waals surface area contributed by atoms with Crippen molar-refractivity contribution in [1.82, 2.24) is 10.3 Å². The Balaban J connectivity index is 1.79. The van der Waals surface area contributed by atoms with Crippen molar-refractivity contribution in [2.45, 2.75) is 13.0 Å². The molecule has 0 radical (unpaired) electrons. The molecule has 0 bridgehead atoms. The molecule has 0 atom stereocenters. The van der Waals surface area contributed by atoms with Gasteiger partial charge in [0.15, 0.2) is 0 Å². The summed E-state index contributed by atoms with van der Waals surface area (Å²) in [6.07, 6.45) is 0.312. The molecule has 1 aromatic heterocycles. The number of hydrogen-bond donors (Lipinski definition) is 4. The number of aromatic hydroxyl groups is 2. The summed E-state index contributed by atoms with van der Waals surface area (Å²) in [5.41, 5.74) is 1.86. The molecular formula is C19H18N2O5S. The van der Waals surface area contributed by atoms with Gasteiger partial charge in [-0.2, -0.15) is 0 Å². The lowest BCUT2D eigenvalue weighted by Gasteiger charge is -2.11. The van der Waals surface area contributed by atoms with Crippen molar-refractivity contribution in [3.05, 3.63) is 73.7 Å². The highest BCUT2D eigenvalue weighted by Gasteiger charge is 2.15.